The highest BCUT2D eigenvalue weighted by Crippen LogP contribution is 2.33. The maximum Gasteiger partial charge on any atom is 0.246 e. The molecule has 0 saturated carbocycles. The number of likely N-dealkylation sites (tertiary alicyclic amines) is 1. The van der Waals surface area contributed by atoms with Crippen molar-refractivity contribution in [3.05, 3.63) is 84.7 Å². The Morgan fingerprint density at radius 2 is 2.00 bits per heavy atom. The van der Waals surface area contributed by atoms with Crippen molar-refractivity contribution in [2.75, 3.05) is 13.1 Å². The first-order chi connectivity index (χ1) is 15.6. The lowest BCUT2D eigenvalue weighted by Gasteiger charge is -2.15. The van der Waals surface area contributed by atoms with Crippen LogP contribution in [0.15, 0.2) is 79.6 Å². The molecule has 1 fully saturated rings. The Hall–Kier alpha value is -3.64. The zero-order valence-electron chi connectivity index (χ0n) is 17.3. The SMILES string of the molecule is C=CC(=O)N1CC[C@@H](n2nc(-c3ccc(Oc4cccc(Cl)c4)cc3)c3cnccc32)C1. The Balaban J connectivity index is 1.45. The predicted octanol–water partition coefficient (Wildman–Crippen LogP) is 5.50. The van der Waals surface area contributed by atoms with Crippen LogP contribution < -0.4 is 4.74 Å². The molecular weight excluding hydrogens is 424 g/mol. The van der Waals surface area contributed by atoms with E-state index in [1.807, 2.05) is 64.3 Å². The van der Waals surface area contributed by atoms with Gasteiger partial charge in [-0.25, -0.2) is 0 Å². The minimum atomic E-state index is -0.0406. The Labute approximate surface area is 190 Å². The van der Waals surface area contributed by atoms with Gasteiger partial charge in [0.2, 0.25) is 5.91 Å². The van der Waals surface area contributed by atoms with E-state index in [0.29, 0.717) is 29.6 Å². The third-order valence-electron chi connectivity index (χ3n) is 5.66. The molecule has 7 heteroatoms. The number of rotatable bonds is 5. The van der Waals surface area contributed by atoms with Gasteiger partial charge in [0, 0.05) is 41.5 Å². The molecule has 160 valence electrons. The van der Waals surface area contributed by atoms with Crippen molar-refractivity contribution < 1.29 is 9.53 Å². The molecule has 6 nitrogen and oxygen atoms in total. The van der Waals surface area contributed by atoms with Gasteiger partial charge in [-0.3, -0.25) is 14.5 Å². The van der Waals surface area contributed by atoms with E-state index in [4.69, 9.17) is 21.4 Å². The van der Waals surface area contributed by atoms with Gasteiger partial charge in [-0.1, -0.05) is 24.2 Å². The Morgan fingerprint density at radius 1 is 1.16 bits per heavy atom. The normalized spacial score (nSPS) is 15.8. The first-order valence-electron chi connectivity index (χ1n) is 10.4. The van der Waals surface area contributed by atoms with Gasteiger partial charge in [0.15, 0.2) is 0 Å². The molecule has 1 aliphatic heterocycles. The molecule has 1 atom stereocenters. The van der Waals surface area contributed by atoms with Crippen LogP contribution in [-0.2, 0) is 4.79 Å². The molecule has 0 aliphatic carbocycles. The summed E-state index contributed by atoms with van der Waals surface area (Å²) in [6, 6.07) is 17.2. The molecule has 0 N–H and O–H groups in total. The number of benzene rings is 2. The number of fused-ring (bicyclic) bond motifs is 1. The number of carbonyl (C=O) groups is 1. The van der Waals surface area contributed by atoms with Crippen molar-refractivity contribution >= 4 is 28.4 Å². The van der Waals surface area contributed by atoms with Crippen LogP contribution in [0.2, 0.25) is 5.02 Å². The van der Waals surface area contributed by atoms with Crippen molar-refractivity contribution in [1.29, 1.82) is 0 Å². The summed E-state index contributed by atoms with van der Waals surface area (Å²) in [6.45, 7) is 4.92. The molecule has 0 unspecified atom stereocenters. The summed E-state index contributed by atoms with van der Waals surface area (Å²) in [5.41, 5.74) is 2.83. The van der Waals surface area contributed by atoms with E-state index in [1.54, 1.807) is 12.3 Å². The summed E-state index contributed by atoms with van der Waals surface area (Å²) in [5, 5.41) is 6.55. The quantitative estimate of drug-likeness (QED) is 0.381. The second-order valence-corrected chi connectivity index (χ2v) is 8.14. The molecule has 0 bridgehead atoms. The number of pyridine rings is 1. The van der Waals surface area contributed by atoms with Gasteiger partial charge >= 0.3 is 0 Å². The minimum Gasteiger partial charge on any atom is -0.457 e. The first kappa shape index (κ1) is 20.3. The zero-order valence-corrected chi connectivity index (χ0v) is 18.1. The van der Waals surface area contributed by atoms with Crippen LogP contribution in [0.5, 0.6) is 11.5 Å². The fourth-order valence-electron chi connectivity index (χ4n) is 4.09. The summed E-state index contributed by atoms with van der Waals surface area (Å²) in [4.78, 5) is 18.1. The van der Waals surface area contributed by atoms with Crippen LogP contribution in [0.4, 0.5) is 0 Å². The van der Waals surface area contributed by atoms with Gasteiger partial charge in [0.05, 0.1) is 11.6 Å². The first-order valence-corrected chi connectivity index (χ1v) is 10.8. The molecule has 5 rings (SSSR count). The van der Waals surface area contributed by atoms with E-state index in [9.17, 15) is 4.79 Å². The average molecular weight is 445 g/mol. The van der Waals surface area contributed by atoms with E-state index in [0.717, 1.165) is 28.6 Å². The van der Waals surface area contributed by atoms with Gasteiger partial charge in [-0.2, -0.15) is 5.10 Å². The smallest absolute Gasteiger partial charge is 0.246 e. The highest BCUT2D eigenvalue weighted by atomic mass is 35.5. The van der Waals surface area contributed by atoms with Gasteiger partial charge < -0.3 is 9.64 Å². The molecule has 0 radical (unpaired) electrons. The monoisotopic (exact) mass is 444 g/mol. The van der Waals surface area contributed by atoms with Gasteiger partial charge in [0.25, 0.3) is 0 Å². The van der Waals surface area contributed by atoms with E-state index in [-0.39, 0.29) is 11.9 Å². The average Bonchev–Trinajstić information content (AvgIpc) is 3.44. The molecule has 1 aliphatic rings. The molecule has 1 amide bonds. The zero-order chi connectivity index (χ0) is 22.1. The molecule has 2 aromatic carbocycles. The second kappa shape index (κ2) is 8.48. The number of ether oxygens (including phenoxy) is 1. The summed E-state index contributed by atoms with van der Waals surface area (Å²) in [6.07, 6.45) is 5.83. The highest BCUT2D eigenvalue weighted by molar-refractivity contribution is 6.30. The number of amides is 1. The molecule has 4 aromatic rings. The fraction of sp³-hybridized carbons (Fsp3) is 0.160. The summed E-state index contributed by atoms with van der Waals surface area (Å²) < 4.78 is 7.93. The van der Waals surface area contributed by atoms with Crippen molar-refractivity contribution in [1.82, 2.24) is 19.7 Å². The van der Waals surface area contributed by atoms with Crippen molar-refractivity contribution in [2.45, 2.75) is 12.5 Å². The van der Waals surface area contributed by atoms with E-state index >= 15 is 0 Å². The lowest BCUT2D eigenvalue weighted by molar-refractivity contribution is -0.125. The Kier molecular flexibility index (Phi) is 5.37. The number of aromatic nitrogens is 3. The predicted molar refractivity (Wildman–Crippen MR) is 125 cm³/mol. The number of halogens is 1. The van der Waals surface area contributed by atoms with Crippen LogP contribution >= 0.6 is 11.6 Å². The number of hydrogen-bond donors (Lipinski definition) is 0. The van der Waals surface area contributed by atoms with Gasteiger partial charge in [-0.05, 0) is 61.0 Å². The maximum atomic E-state index is 12.0. The Morgan fingerprint density at radius 3 is 2.78 bits per heavy atom. The molecule has 3 heterocycles. The summed E-state index contributed by atoms with van der Waals surface area (Å²) in [5.74, 6) is 1.36. The molecule has 1 saturated heterocycles. The minimum absolute atomic E-state index is 0.0406. The number of carbonyl (C=O) groups excluding carboxylic acids is 1. The second-order valence-electron chi connectivity index (χ2n) is 7.70. The topological polar surface area (TPSA) is 60.2 Å². The highest BCUT2D eigenvalue weighted by Gasteiger charge is 2.28. The van der Waals surface area contributed by atoms with E-state index in [1.165, 1.54) is 6.08 Å². The van der Waals surface area contributed by atoms with Crippen LogP contribution in [0.3, 0.4) is 0 Å². The summed E-state index contributed by atoms with van der Waals surface area (Å²) >= 11 is 6.04. The van der Waals surface area contributed by atoms with Crippen LogP contribution in [0.1, 0.15) is 12.5 Å². The molecule has 0 spiro atoms. The largest absolute Gasteiger partial charge is 0.457 e. The van der Waals surface area contributed by atoms with Crippen molar-refractivity contribution in [2.24, 2.45) is 0 Å². The van der Waals surface area contributed by atoms with Crippen LogP contribution in [0, 0.1) is 0 Å². The molecule has 2 aromatic heterocycles. The van der Waals surface area contributed by atoms with Crippen molar-refractivity contribution in [3.63, 3.8) is 0 Å². The molecule has 32 heavy (non-hydrogen) atoms. The fourth-order valence-corrected chi connectivity index (χ4v) is 4.27. The van der Waals surface area contributed by atoms with E-state index < -0.39 is 0 Å². The maximum absolute atomic E-state index is 12.0. The van der Waals surface area contributed by atoms with Gasteiger partial charge in [0.1, 0.15) is 17.2 Å². The number of hydrogen-bond acceptors (Lipinski definition) is 4. The van der Waals surface area contributed by atoms with Crippen LogP contribution in [0.25, 0.3) is 22.2 Å². The third-order valence-corrected chi connectivity index (χ3v) is 5.90. The lowest BCUT2D eigenvalue weighted by Crippen LogP contribution is -2.27. The summed E-state index contributed by atoms with van der Waals surface area (Å²) in [7, 11) is 0. The van der Waals surface area contributed by atoms with Crippen molar-refractivity contribution in [3.8, 4) is 22.8 Å². The van der Waals surface area contributed by atoms with Crippen LogP contribution in [-0.4, -0.2) is 38.7 Å². The van der Waals surface area contributed by atoms with E-state index in [2.05, 4.69) is 11.6 Å². The third kappa shape index (κ3) is 3.85. The van der Waals surface area contributed by atoms with Gasteiger partial charge in [-0.15, -0.1) is 0 Å². The standard InChI is InChI=1S/C25H21ClN4O2/c1-2-24(31)29-13-11-19(16-29)30-23-10-12-27-15-22(23)25(28-30)17-6-8-20(9-7-17)32-21-5-3-4-18(26)14-21/h2-10,12,14-15,19H,1,11,13,16H2/t19-/m1/s1. The Bertz CT molecular complexity index is 1300. The molecular formula is C25H21ClN4O2. The number of nitrogens with zero attached hydrogens (tertiary/aromatic N) is 4. The lowest BCUT2D eigenvalue weighted by atomic mass is 10.1.